The zero-order valence-electron chi connectivity index (χ0n) is 14.6. The van der Waals surface area contributed by atoms with Crippen LogP contribution in [0.25, 0.3) is 32.6 Å². The number of hydrogen-bond acceptors (Lipinski definition) is 5. The molecule has 6 heteroatoms. The van der Waals surface area contributed by atoms with Gasteiger partial charge in [0.1, 0.15) is 11.6 Å². The van der Waals surface area contributed by atoms with Crippen LogP contribution in [0, 0.1) is 0 Å². The van der Waals surface area contributed by atoms with Gasteiger partial charge in [0.15, 0.2) is 5.13 Å². The average molecular weight is 372 g/mol. The number of imidazole rings is 1. The molecular weight excluding hydrogens is 356 g/mol. The van der Waals surface area contributed by atoms with Gasteiger partial charge in [-0.1, -0.05) is 35.6 Å². The Kier molecular flexibility index (Phi) is 3.76. The number of H-pyrrole nitrogens is 1. The topological polar surface area (TPSA) is 62.8 Å². The van der Waals surface area contributed by atoms with Gasteiger partial charge in [0.25, 0.3) is 0 Å². The van der Waals surface area contributed by atoms with E-state index in [0.717, 1.165) is 49.2 Å². The van der Waals surface area contributed by atoms with Gasteiger partial charge in [0.05, 0.1) is 28.4 Å². The van der Waals surface area contributed by atoms with Crippen molar-refractivity contribution in [2.45, 2.75) is 0 Å². The van der Waals surface area contributed by atoms with Gasteiger partial charge in [0.2, 0.25) is 0 Å². The van der Waals surface area contributed by atoms with E-state index in [-0.39, 0.29) is 0 Å². The highest BCUT2D eigenvalue weighted by Crippen LogP contribution is 2.32. The van der Waals surface area contributed by atoms with Crippen LogP contribution in [0.3, 0.4) is 0 Å². The van der Waals surface area contributed by atoms with Crippen molar-refractivity contribution in [3.8, 4) is 17.1 Å². The third-order valence-corrected chi connectivity index (χ3v) is 5.31. The molecule has 0 fully saturated rings. The first kappa shape index (κ1) is 15.8. The van der Waals surface area contributed by atoms with Crippen molar-refractivity contribution in [3.63, 3.8) is 0 Å². The fourth-order valence-corrected chi connectivity index (χ4v) is 3.96. The molecule has 5 nitrogen and oxygen atoms in total. The summed E-state index contributed by atoms with van der Waals surface area (Å²) in [7, 11) is 1.67. The van der Waals surface area contributed by atoms with Gasteiger partial charge in [-0.25, -0.2) is 9.97 Å². The summed E-state index contributed by atoms with van der Waals surface area (Å²) in [6.07, 6.45) is 0. The zero-order valence-corrected chi connectivity index (χ0v) is 15.4. The zero-order chi connectivity index (χ0) is 18.2. The number of anilines is 2. The van der Waals surface area contributed by atoms with E-state index < -0.39 is 0 Å². The summed E-state index contributed by atoms with van der Waals surface area (Å²) in [6.45, 7) is 0. The quantitative estimate of drug-likeness (QED) is 0.431. The lowest BCUT2D eigenvalue weighted by molar-refractivity contribution is 0.415. The number of para-hydroxylation sites is 2. The Labute approximate surface area is 159 Å². The van der Waals surface area contributed by atoms with Crippen LogP contribution in [0.5, 0.6) is 5.75 Å². The van der Waals surface area contributed by atoms with Crippen LogP contribution in [-0.4, -0.2) is 22.1 Å². The molecule has 2 heterocycles. The lowest BCUT2D eigenvalue weighted by Gasteiger charge is -2.04. The summed E-state index contributed by atoms with van der Waals surface area (Å²) >= 11 is 1.60. The van der Waals surface area contributed by atoms with Gasteiger partial charge in [0, 0.05) is 11.3 Å². The summed E-state index contributed by atoms with van der Waals surface area (Å²) in [5.74, 6) is 1.69. The standard InChI is InChI=1S/C21H16N4OS/c1-26-15-9-10-18-19(12-15)27-21(25-18)22-14-6-4-5-13(11-14)20-23-16-7-2-3-8-17(16)24-20/h2-12H,1H3,(H,22,25)(H,23,24). The van der Waals surface area contributed by atoms with Crippen molar-refractivity contribution >= 4 is 43.4 Å². The van der Waals surface area contributed by atoms with E-state index in [9.17, 15) is 0 Å². The summed E-state index contributed by atoms with van der Waals surface area (Å²) in [6, 6.07) is 22.1. The van der Waals surface area contributed by atoms with Crippen LogP contribution >= 0.6 is 11.3 Å². The number of aromatic amines is 1. The highest BCUT2D eigenvalue weighted by Gasteiger charge is 2.08. The van der Waals surface area contributed by atoms with Crippen molar-refractivity contribution < 1.29 is 4.74 Å². The molecule has 5 rings (SSSR count). The van der Waals surface area contributed by atoms with E-state index in [1.165, 1.54) is 0 Å². The molecular formula is C21H16N4OS. The lowest BCUT2D eigenvalue weighted by atomic mass is 10.2. The molecule has 0 aliphatic heterocycles. The first-order valence-corrected chi connectivity index (χ1v) is 9.37. The maximum absolute atomic E-state index is 5.29. The molecule has 0 saturated carbocycles. The number of nitrogens with one attached hydrogen (secondary N) is 2. The fraction of sp³-hybridized carbons (Fsp3) is 0.0476. The predicted molar refractivity (Wildman–Crippen MR) is 111 cm³/mol. The van der Waals surface area contributed by atoms with Crippen LogP contribution in [0.4, 0.5) is 10.8 Å². The number of nitrogens with zero attached hydrogens (tertiary/aromatic N) is 2. The van der Waals surface area contributed by atoms with E-state index in [0.29, 0.717) is 0 Å². The maximum atomic E-state index is 5.29. The van der Waals surface area contributed by atoms with Gasteiger partial charge in [-0.15, -0.1) is 0 Å². The number of aromatic nitrogens is 3. The van der Waals surface area contributed by atoms with Gasteiger partial charge >= 0.3 is 0 Å². The third-order valence-electron chi connectivity index (χ3n) is 4.37. The third kappa shape index (κ3) is 3.00. The van der Waals surface area contributed by atoms with E-state index in [4.69, 9.17) is 4.74 Å². The number of methoxy groups -OCH3 is 1. The minimum Gasteiger partial charge on any atom is -0.497 e. The van der Waals surface area contributed by atoms with E-state index in [2.05, 4.69) is 26.3 Å². The summed E-state index contributed by atoms with van der Waals surface area (Å²) in [4.78, 5) is 12.7. The largest absolute Gasteiger partial charge is 0.497 e. The summed E-state index contributed by atoms with van der Waals surface area (Å²) in [5.41, 5.74) is 4.95. The highest BCUT2D eigenvalue weighted by atomic mass is 32.1. The monoisotopic (exact) mass is 372 g/mol. The van der Waals surface area contributed by atoms with Crippen LogP contribution < -0.4 is 10.1 Å². The molecule has 3 aromatic carbocycles. The molecule has 0 spiro atoms. The number of thiazole rings is 1. The second kappa shape index (κ2) is 6.41. The summed E-state index contributed by atoms with van der Waals surface area (Å²) < 4.78 is 6.38. The molecule has 0 saturated heterocycles. The smallest absolute Gasteiger partial charge is 0.188 e. The molecule has 0 amide bonds. The number of benzene rings is 3. The molecule has 0 unspecified atom stereocenters. The Morgan fingerprint density at radius 3 is 2.74 bits per heavy atom. The molecule has 0 radical (unpaired) electrons. The minimum atomic E-state index is 0.838. The number of fused-ring (bicyclic) bond motifs is 2. The Morgan fingerprint density at radius 1 is 0.926 bits per heavy atom. The molecule has 0 bridgehead atoms. The molecule has 27 heavy (non-hydrogen) atoms. The summed E-state index contributed by atoms with van der Waals surface area (Å²) in [5, 5.41) is 4.25. The first-order chi connectivity index (χ1) is 13.3. The second-order valence-electron chi connectivity index (χ2n) is 6.16. The van der Waals surface area contributed by atoms with Crippen LogP contribution in [-0.2, 0) is 0 Å². The van der Waals surface area contributed by atoms with Gasteiger partial charge < -0.3 is 15.0 Å². The first-order valence-electron chi connectivity index (χ1n) is 8.55. The Hall–Kier alpha value is -3.38. The minimum absolute atomic E-state index is 0.838. The highest BCUT2D eigenvalue weighted by molar-refractivity contribution is 7.22. The molecule has 2 aromatic heterocycles. The molecule has 5 aromatic rings. The van der Waals surface area contributed by atoms with Crippen LogP contribution in [0.1, 0.15) is 0 Å². The van der Waals surface area contributed by atoms with E-state index in [1.807, 2.05) is 60.7 Å². The molecule has 0 atom stereocenters. The van der Waals surface area contributed by atoms with E-state index in [1.54, 1.807) is 18.4 Å². The second-order valence-corrected chi connectivity index (χ2v) is 7.19. The van der Waals surface area contributed by atoms with Crippen molar-refractivity contribution in [1.82, 2.24) is 15.0 Å². The van der Waals surface area contributed by atoms with Crippen LogP contribution in [0.2, 0.25) is 0 Å². The Balaban J connectivity index is 1.46. The maximum Gasteiger partial charge on any atom is 0.188 e. The number of rotatable bonds is 4. The van der Waals surface area contributed by atoms with E-state index >= 15 is 0 Å². The lowest BCUT2D eigenvalue weighted by Crippen LogP contribution is -1.90. The fourth-order valence-electron chi connectivity index (χ4n) is 3.04. The van der Waals surface area contributed by atoms with Crippen molar-refractivity contribution in [1.29, 1.82) is 0 Å². The average Bonchev–Trinajstić information content (AvgIpc) is 3.31. The normalized spacial score (nSPS) is 11.1. The van der Waals surface area contributed by atoms with Gasteiger partial charge in [-0.3, -0.25) is 0 Å². The number of hydrogen-bond donors (Lipinski definition) is 2. The Bertz CT molecular complexity index is 1220. The molecule has 132 valence electrons. The SMILES string of the molecule is COc1ccc2nc(Nc3cccc(-c4nc5ccccc5[nH]4)c3)sc2c1. The molecule has 0 aliphatic rings. The molecule has 2 N–H and O–H groups in total. The van der Waals surface area contributed by atoms with Crippen molar-refractivity contribution in [3.05, 3.63) is 66.7 Å². The van der Waals surface area contributed by atoms with Crippen LogP contribution in [0.15, 0.2) is 66.7 Å². The van der Waals surface area contributed by atoms with Gasteiger partial charge in [-0.2, -0.15) is 0 Å². The van der Waals surface area contributed by atoms with Gasteiger partial charge in [-0.05, 0) is 42.5 Å². The predicted octanol–water partition coefficient (Wildman–Crippen LogP) is 5.59. The van der Waals surface area contributed by atoms with Crippen molar-refractivity contribution in [2.24, 2.45) is 0 Å². The Morgan fingerprint density at radius 2 is 1.85 bits per heavy atom. The number of ether oxygens (including phenoxy) is 1. The molecule has 0 aliphatic carbocycles. The van der Waals surface area contributed by atoms with Crippen molar-refractivity contribution in [2.75, 3.05) is 12.4 Å².